The number of aryl methyl sites for hydroxylation is 1. The molecule has 1 fully saturated rings. The number of rotatable bonds is 5. The molecule has 29 heavy (non-hydrogen) atoms. The van der Waals surface area contributed by atoms with Gasteiger partial charge in [0.2, 0.25) is 15.9 Å². The third-order valence-corrected chi connectivity index (χ3v) is 7.84. The molecular formula is C23H28N2O3S. The first kappa shape index (κ1) is 20.1. The van der Waals surface area contributed by atoms with Gasteiger partial charge in [0, 0.05) is 13.1 Å². The average molecular weight is 413 g/mol. The lowest BCUT2D eigenvalue weighted by atomic mass is 9.87. The molecule has 2 aromatic carbocycles. The van der Waals surface area contributed by atoms with Gasteiger partial charge in [-0.15, -0.1) is 0 Å². The van der Waals surface area contributed by atoms with Crippen LogP contribution in [0.15, 0.2) is 54.6 Å². The van der Waals surface area contributed by atoms with Gasteiger partial charge in [-0.1, -0.05) is 54.6 Å². The van der Waals surface area contributed by atoms with Gasteiger partial charge in [0.25, 0.3) is 0 Å². The zero-order chi connectivity index (χ0) is 20.3. The Morgan fingerprint density at radius 1 is 1.00 bits per heavy atom. The number of hydrogen-bond donors (Lipinski definition) is 1. The molecule has 6 heteroatoms. The minimum Gasteiger partial charge on any atom is -0.349 e. The highest BCUT2D eigenvalue weighted by molar-refractivity contribution is 7.88. The van der Waals surface area contributed by atoms with Crippen molar-refractivity contribution in [2.45, 2.75) is 43.9 Å². The van der Waals surface area contributed by atoms with Crippen LogP contribution >= 0.6 is 0 Å². The van der Waals surface area contributed by atoms with E-state index in [-0.39, 0.29) is 30.2 Å². The van der Waals surface area contributed by atoms with Crippen molar-refractivity contribution in [2.75, 3.05) is 13.1 Å². The quantitative estimate of drug-likeness (QED) is 0.818. The fourth-order valence-electron chi connectivity index (χ4n) is 4.48. The number of carbonyl (C=O) groups is 1. The summed E-state index contributed by atoms with van der Waals surface area (Å²) in [5.74, 6) is -0.326. The lowest BCUT2D eigenvalue weighted by molar-refractivity contribution is -0.127. The van der Waals surface area contributed by atoms with E-state index in [4.69, 9.17) is 0 Å². The predicted octanol–water partition coefficient (Wildman–Crippen LogP) is 3.42. The smallest absolute Gasteiger partial charge is 0.224 e. The van der Waals surface area contributed by atoms with E-state index in [1.165, 1.54) is 15.4 Å². The Kier molecular flexibility index (Phi) is 6.01. The van der Waals surface area contributed by atoms with Crippen molar-refractivity contribution >= 4 is 15.9 Å². The Balaban J connectivity index is 1.41. The average Bonchev–Trinajstić information content (AvgIpc) is 2.74. The summed E-state index contributed by atoms with van der Waals surface area (Å²) in [6, 6.07) is 17.5. The summed E-state index contributed by atoms with van der Waals surface area (Å²) < 4.78 is 27.2. The molecule has 1 amide bonds. The fraction of sp³-hybridized carbons (Fsp3) is 0.435. The highest BCUT2D eigenvalue weighted by atomic mass is 32.2. The molecule has 0 aromatic heterocycles. The highest BCUT2D eigenvalue weighted by Crippen LogP contribution is 2.30. The zero-order valence-electron chi connectivity index (χ0n) is 16.6. The van der Waals surface area contributed by atoms with Crippen molar-refractivity contribution in [3.8, 4) is 0 Å². The molecule has 1 saturated heterocycles. The minimum absolute atomic E-state index is 0.0157. The Hall–Kier alpha value is -2.18. The number of nitrogens with zero attached hydrogens (tertiary/aromatic N) is 1. The second-order valence-electron chi connectivity index (χ2n) is 8.09. The fourth-order valence-corrected chi connectivity index (χ4v) is 6.09. The molecular weight excluding hydrogens is 384 g/mol. The Labute approximate surface area is 173 Å². The van der Waals surface area contributed by atoms with Gasteiger partial charge < -0.3 is 5.32 Å². The summed E-state index contributed by atoms with van der Waals surface area (Å²) in [6.07, 6.45) is 4.50. The van der Waals surface area contributed by atoms with E-state index in [1.54, 1.807) is 0 Å². The molecule has 154 valence electrons. The maximum atomic E-state index is 13.0. The lowest BCUT2D eigenvalue weighted by Crippen LogP contribution is -2.46. The largest absolute Gasteiger partial charge is 0.349 e. The summed E-state index contributed by atoms with van der Waals surface area (Å²) in [5, 5.41) is 3.21. The van der Waals surface area contributed by atoms with E-state index in [2.05, 4.69) is 17.4 Å². The molecule has 4 rings (SSSR count). The van der Waals surface area contributed by atoms with Crippen molar-refractivity contribution in [2.24, 2.45) is 5.92 Å². The van der Waals surface area contributed by atoms with Crippen molar-refractivity contribution < 1.29 is 13.2 Å². The van der Waals surface area contributed by atoms with Gasteiger partial charge in [-0.2, -0.15) is 0 Å². The first-order chi connectivity index (χ1) is 14.0. The van der Waals surface area contributed by atoms with Crippen molar-refractivity contribution in [3.05, 3.63) is 71.3 Å². The molecule has 0 spiro atoms. The Bertz CT molecular complexity index is 959. The van der Waals surface area contributed by atoms with Crippen molar-refractivity contribution in [1.82, 2.24) is 9.62 Å². The highest BCUT2D eigenvalue weighted by Gasteiger charge is 2.33. The van der Waals surface area contributed by atoms with E-state index < -0.39 is 10.0 Å². The van der Waals surface area contributed by atoms with Gasteiger partial charge in [0.15, 0.2) is 0 Å². The van der Waals surface area contributed by atoms with Crippen LogP contribution in [0.25, 0.3) is 0 Å². The number of nitrogens with one attached hydrogen (secondary N) is 1. The van der Waals surface area contributed by atoms with E-state index >= 15 is 0 Å². The number of fused-ring (bicyclic) bond motifs is 1. The van der Waals surface area contributed by atoms with Crippen molar-refractivity contribution in [3.63, 3.8) is 0 Å². The van der Waals surface area contributed by atoms with E-state index in [9.17, 15) is 13.2 Å². The SMILES string of the molecule is O=C(N[C@@H]1CCCc2ccccc21)[C@@H]1CCCN(S(=O)(=O)Cc2ccccc2)C1. The predicted molar refractivity (Wildman–Crippen MR) is 114 cm³/mol. The molecule has 0 bridgehead atoms. The first-order valence-electron chi connectivity index (χ1n) is 10.4. The molecule has 1 aliphatic heterocycles. The number of carbonyl (C=O) groups excluding carboxylic acids is 1. The molecule has 0 radical (unpaired) electrons. The third kappa shape index (κ3) is 4.70. The van der Waals surface area contributed by atoms with E-state index in [1.807, 2.05) is 42.5 Å². The van der Waals surface area contributed by atoms with Crippen LogP contribution in [-0.2, 0) is 27.0 Å². The molecule has 1 heterocycles. The summed E-state index contributed by atoms with van der Waals surface area (Å²) >= 11 is 0. The standard InChI is InChI=1S/C23H28N2O3S/c26-23(24-22-14-6-11-19-10-4-5-13-21(19)22)20-12-7-15-25(16-20)29(27,28)17-18-8-2-1-3-9-18/h1-5,8-10,13,20,22H,6-7,11-12,14-17H2,(H,24,26)/t20-,22-/m1/s1. The normalized spacial score (nSPS) is 22.6. The van der Waals surface area contributed by atoms with E-state index in [0.717, 1.165) is 31.2 Å². The maximum absolute atomic E-state index is 13.0. The van der Waals surface area contributed by atoms with Crippen LogP contribution in [0.3, 0.4) is 0 Å². The molecule has 1 aliphatic carbocycles. The van der Waals surface area contributed by atoms with Crippen LogP contribution in [-0.4, -0.2) is 31.7 Å². The summed E-state index contributed by atoms with van der Waals surface area (Å²) in [6.45, 7) is 0.764. The molecule has 5 nitrogen and oxygen atoms in total. The number of amides is 1. The molecule has 2 aromatic rings. The minimum atomic E-state index is -3.43. The van der Waals surface area contributed by atoms with Crippen LogP contribution in [0.1, 0.15) is 48.4 Å². The van der Waals surface area contributed by atoms with Gasteiger partial charge >= 0.3 is 0 Å². The third-order valence-electron chi connectivity index (χ3n) is 6.03. The van der Waals surface area contributed by atoms with Gasteiger partial charge in [0.05, 0.1) is 17.7 Å². The van der Waals surface area contributed by atoms with Crippen LogP contribution in [0.2, 0.25) is 0 Å². The van der Waals surface area contributed by atoms with Crippen LogP contribution in [0.4, 0.5) is 0 Å². The molecule has 2 atom stereocenters. The van der Waals surface area contributed by atoms with Crippen LogP contribution in [0.5, 0.6) is 0 Å². The summed E-state index contributed by atoms with van der Waals surface area (Å²) in [7, 11) is -3.43. The van der Waals surface area contributed by atoms with Gasteiger partial charge in [0.1, 0.15) is 0 Å². The van der Waals surface area contributed by atoms with E-state index in [0.29, 0.717) is 13.0 Å². The van der Waals surface area contributed by atoms with Gasteiger partial charge in [-0.3, -0.25) is 4.79 Å². The molecule has 0 unspecified atom stereocenters. The number of sulfonamides is 1. The number of piperidine rings is 1. The van der Waals surface area contributed by atoms with Gasteiger partial charge in [-0.25, -0.2) is 12.7 Å². The van der Waals surface area contributed by atoms with Crippen molar-refractivity contribution in [1.29, 1.82) is 0 Å². The van der Waals surface area contributed by atoms with Gasteiger partial charge in [-0.05, 0) is 48.8 Å². The summed E-state index contributed by atoms with van der Waals surface area (Å²) in [5.41, 5.74) is 3.29. The second-order valence-corrected chi connectivity index (χ2v) is 10.1. The topological polar surface area (TPSA) is 66.5 Å². The zero-order valence-corrected chi connectivity index (χ0v) is 17.4. The molecule has 1 N–H and O–H groups in total. The molecule has 0 saturated carbocycles. The van der Waals surface area contributed by atoms with Crippen LogP contribution in [0, 0.1) is 5.92 Å². The first-order valence-corrected chi connectivity index (χ1v) is 12.0. The number of hydrogen-bond acceptors (Lipinski definition) is 3. The van der Waals surface area contributed by atoms with Crippen LogP contribution < -0.4 is 5.32 Å². The molecule has 2 aliphatic rings. The number of benzene rings is 2. The Morgan fingerprint density at radius 2 is 1.76 bits per heavy atom. The monoisotopic (exact) mass is 412 g/mol. The summed E-state index contributed by atoms with van der Waals surface area (Å²) in [4.78, 5) is 13.0. The Morgan fingerprint density at radius 3 is 2.59 bits per heavy atom. The second kappa shape index (κ2) is 8.67. The maximum Gasteiger partial charge on any atom is 0.224 e. The lowest BCUT2D eigenvalue weighted by Gasteiger charge is -2.33.